The van der Waals surface area contributed by atoms with Crippen molar-refractivity contribution in [3.63, 3.8) is 0 Å². The van der Waals surface area contributed by atoms with Crippen LogP contribution in [0.3, 0.4) is 0 Å². The molecule has 0 atom stereocenters. The van der Waals surface area contributed by atoms with Crippen molar-refractivity contribution >= 4 is 0 Å². The van der Waals surface area contributed by atoms with Crippen LogP contribution in [0, 0.1) is 0 Å². The molecule has 0 aromatic carbocycles. The van der Waals surface area contributed by atoms with E-state index in [1.54, 1.807) is 12.4 Å². The Morgan fingerprint density at radius 2 is 1.95 bits per heavy atom. The summed E-state index contributed by atoms with van der Waals surface area (Å²) in [6.45, 7) is 3.00. The number of hydrogen-bond donors (Lipinski definition) is 1. The van der Waals surface area contributed by atoms with Crippen molar-refractivity contribution in [1.29, 1.82) is 0 Å². The van der Waals surface area contributed by atoms with Gasteiger partial charge in [0.25, 0.3) is 0 Å². The second-order valence-electron chi connectivity index (χ2n) is 5.47. The van der Waals surface area contributed by atoms with Gasteiger partial charge in [0, 0.05) is 18.4 Å². The van der Waals surface area contributed by atoms with E-state index in [-0.39, 0.29) is 0 Å². The molecule has 0 bridgehead atoms. The second kappa shape index (κ2) is 8.23. The molecule has 0 saturated heterocycles. The van der Waals surface area contributed by atoms with Crippen molar-refractivity contribution in [2.45, 2.75) is 51.1 Å². The zero-order valence-corrected chi connectivity index (χ0v) is 12.0. The van der Waals surface area contributed by atoms with Gasteiger partial charge in [-0.05, 0) is 45.5 Å². The highest BCUT2D eigenvalue weighted by Gasteiger charge is 2.16. The highest BCUT2D eigenvalue weighted by molar-refractivity contribution is 4.87. The molecular weight excluding hydrogens is 236 g/mol. The van der Waals surface area contributed by atoms with Crippen LogP contribution in [0.25, 0.3) is 0 Å². The van der Waals surface area contributed by atoms with E-state index in [4.69, 9.17) is 0 Å². The molecule has 0 unspecified atom stereocenters. The van der Waals surface area contributed by atoms with Gasteiger partial charge >= 0.3 is 0 Å². The average Bonchev–Trinajstić information content (AvgIpc) is 2.49. The molecule has 1 aromatic heterocycles. The molecule has 0 radical (unpaired) electrons. The smallest absolute Gasteiger partial charge is 0.141 e. The third-order valence-electron chi connectivity index (χ3n) is 3.96. The van der Waals surface area contributed by atoms with Crippen molar-refractivity contribution in [2.24, 2.45) is 0 Å². The van der Waals surface area contributed by atoms with Gasteiger partial charge in [0.2, 0.25) is 0 Å². The number of aromatic nitrogens is 2. The summed E-state index contributed by atoms with van der Waals surface area (Å²) in [4.78, 5) is 10.9. The van der Waals surface area contributed by atoms with Gasteiger partial charge in [-0.15, -0.1) is 0 Å². The van der Waals surface area contributed by atoms with E-state index in [1.165, 1.54) is 45.1 Å². The van der Waals surface area contributed by atoms with E-state index in [0.717, 1.165) is 25.0 Å². The Morgan fingerprint density at radius 3 is 2.68 bits per heavy atom. The van der Waals surface area contributed by atoms with Crippen LogP contribution in [-0.4, -0.2) is 41.0 Å². The van der Waals surface area contributed by atoms with Crippen molar-refractivity contribution in [3.05, 3.63) is 24.3 Å². The van der Waals surface area contributed by atoms with E-state index in [0.29, 0.717) is 0 Å². The Kier molecular flexibility index (Phi) is 6.24. The normalized spacial score (nSPS) is 16.9. The summed E-state index contributed by atoms with van der Waals surface area (Å²) in [5, 5.41) is 3.41. The maximum atomic E-state index is 4.20. The molecule has 4 heteroatoms. The van der Waals surface area contributed by atoms with Gasteiger partial charge in [-0.25, -0.2) is 9.97 Å². The maximum absolute atomic E-state index is 4.20. The summed E-state index contributed by atoms with van der Waals surface area (Å²) >= 11 is 0. The van der Waals surface area contributed by atoms with Crippen LogP contribution < -0.4 is 5.32 Å². The summed E-state index contributed by atoms with van der Waals surface area (Å²) in [6, 6.07) is 2.68. The Balaban J connectivity index is 1.54. The van der Waals surface area contributed by atoms with Gasteiger partial charge in [0.1, 0.15) is 5.82 Å². The van der Waals surface area contributed by atoms with Gasteiger partial charge in [-0.1, -0.05) is 19.3 Å². The lowest BCUT2D eigenvalue weighted by atomic mass is 9.94. The fourth-order valence-electron chi connectivity index (χ4n) is 2.78. The molecule has 2 rings (SSSR count). The second-order valence-corrected chi connectivity index (χ2v) is 5.47. The zero-order chi connectivity index (χ0) is 13.3. The largest absolute Gasteiger partial charge is 0.310 e. The first-order chi connectivity index (χ1) is 9.36. The zero-order valence-electron chi connectivity index (χ0n) is 12.0. The molecule has 1 saturated carbocycles. The Bertz CT molecular complexity index is 335. The van der Waals surface area contributed by atoms with E-state index < -0.39 is 0 Å². The van der Waals surface area contributed by atoms with E-state index in [9.17, 15) is 0 Å². The third-order valence-corrected chi connectivity index (χ3v) is 3.96. The molecule has 0 aliphatic heterocycles. The highest BCUT2D eigenvalue weighted by atomic mass is 15.1. The molecule has 1 heterocycles. The maximum Gasteiger partial charge on any atom is 0.141 e. The summed E-state index contributed by atoms with van der Waals surface area (Å²) in [7, 11) is 2.27. The molecule has 4 nitrogen and oxygen atoms in total. The van der Waals surface area contributed by atoms with Crippen LogP contribution in [0.5, 0.6) is 0 Å². The molecule has 0 amide bonds. The number of nitrogens with zero attached hydrogens (tertiary/aromatic N) is 3. The van der Waals surface area contributed by atoms with E-state index in [2.05, 4.69) is 27.2 Å². The third kappa shape index (κ3) is 5.25. The summed E-state index contributed by atoms with van der Waals surface area (Å²) in [5.41, 5.74) is 0. The first-order valence-electron chi connectivity index (χ1n) is 7.53. The minimum atomic E-state index is 0.772. The lowest BCUT2D eigenvalue weighted by molar-refractivity contribution is 0.189. The summed E-state index contributed by atoms with van der Waals surface area (Å²) in [6.07, 6.45) is 11.8. The lowest BCUT2D eigenvalue weighted by Crippen LogP contribution is -2.35. The van der Waals surface area contributed by atoms with Crippen LogP contribution in [0.2, 0.25) is 0 Å². The van der Waals surface area contributed by atoms with Crippen molar-refractivity contribution in [3.8, 4) is 0 Å². The van der Waals surface area contributed by atoms with Gasteiger partial charge in [0.15, 0.2) is 0 Å². The number of hydrogen-bond acceptors (Lipinski definition) is 4. The molecule has 1 aromatic rings. The van der Waals surface area contributed by atoms with E-state index in [1.807, 2.05) is 6.07 Å². The lowest BCUT2D eigenvalue weighted by Gasteiger charge is -2.31. The van der Waals surface area contributed by atoms with Gasteiger partial charge in [0.05, 0.1) is 6.54 Å². The molecule has 1 fully saturated rings. The minimum Gasteiger partial charge on any atom is -0.310 e. The number of nitrogens with one attached hydrogen (secondary N) is 1. The Morgan fingerprint density at radius 1 is 1.21 bits per heavy atom. The van der Waals surface area contributed by atoms with E-state index >= 15 is 0 Å². The van der Waals surface area contributed by atoms with Gasteiger partial charge < -0.3 is 10.2 Å². The Labute approximate surface area is 116 Å². The quantitative estimate of drug-likeness (QED) is 0.765. The summed E-state index contributed by atoms with van der Waals surface area (Å²) in [5.74, 6) is 0.878. The first-order valence-corrected chi connectivity index (χ1v) is 7.53. The molecule has 1 aliphatic carbocycles. The Hall–Kier alpha value is -1.00. The summed E-state index contributed by atoms with van der Waals surface area (Å²) < 4.78 is 0. The van der Waals surface area contributed by atoms with Crippen LogP contribution in [0.1, 0.15) is 44.3 Å². The van der Waals surface area contributed by atoms with Crippen LogP contribution >= 0.6 is 0 Å². The van der Waals surface area contributed by atoms with Crippen LogP contribution in [0.15, 0.2) is 18.5 Å². The van der Waals surface area contributed by atoms with Gasteiger partial charge in [-0.2, -0.15) is 0 Å². The van der Waals surface area contributed by atoms with Crippen molar-refractivity contribution < 1.29 is 0 Å². The molecule has 0 spiro atoms. The molecule has 1 aliphatic rings. The highest BCUT2D eigenvalue weighted by Crippen LogP contribution is 2.21. The fraction of sp³-hybridized carbons (Fsp3) is 0.733. The minimum absolute atomic E-state index is 0.772. The first kappa shape index (κ1) is 14.4. The molecular formula is C15H26N4. The topological polar surface area (TPSA) is 41.0 Å². The predicted octanol–water partition coefficient (Wildman–Crippen LogP) is 2.22. The van der Waals surface area contributed by atoms with Crippen LogP contribution in [0.4, 0.5) is 0 Å². The molecule has 106 valence electrons. The standard InChI is InChI=1S/C15H26N4/c1-19(14-7-3-2-4-8-14)12-6-9-16-13-15-17-10-5-11-18-15/h5,10-11,14,16H,2-4,6-9,12-13H2,1H3. The monoisotopic (exact) mass is 262 g/mol. The SMILES string of the molecule is CN(CCCNCc1ncccn1)C1CCCCC1. The van der Waals surface area contributed by atoms with Crippen molar-refractivity contribution in [1.82, 2.24) is 20.2 Å². The molecule has 1 N–H and O–H groups in total. The number of rotatable bonds is 7. The van der Waals surface area contributed by atoms with Crippen molar-refractivity contribution in [2.75, 3.05) is 20.1 Å². The predicted molar refractivity (Wildman–Crippen MR) is 77.9 cm³/mol. The van der Waals surface area contributed by atoms with Gasteiger partial charge in [-0.3, -0.25) is 0 Å². The average molecular weight is 262 g/mol. The fourth-order valence-corrected chi connectivity index (χ4v) is 2.78. The molecule has 19 heavy (non-hydrogen) atoms. The van der Waals surface area contributed by atoms with Crippen LogP contribution in [-0.2, 0) is 6.54 Å².